The molecule has 0 aliphatic carbocycles. The molecule has 0 N–H and O–H groups in total. The normalized spacial score (nSPS) is 12.5. The van der Waals surface area contributed by atoms with Crippen molar-refractivity contribution in [3.63, 3.8) is 0 Å². The summed E-state index contributed by atoms with van der Waals surface area (Å²) in [4.78, 5) is 4.50. The van der Waals surface area contributed by atoms with Crippen molar-refractivity contribution in [2.75, 3.05) is 7.05 Å². The van der Waals surface area contributed by atoms with Crippen molar-refractivity contribution in [2.24, 2.45) is 4.99 Å². The van der Waals surface area contributed by atoms with Crippen LogP contribution in [0.25, 0.3) is 5.57 Å². The van der Waals surface area contributed by atoms with Crippen LogP contribution >= 0.6 is 0 Å². The number of aryl methyl sites for hydroxylation is 1. The zero-order valence-electron chi connectivity index (χ0n) is 12.9. The van der Waals surface area contributed by atoms with Crippen LogP contribution in [0, 0.1) is 6.92 Å². The molecule has 0 aliphatic heterocycles. The van der Waals surface area contributed by atoms with Gasteiger partial charge >= 0.3 is 144 Å². The van der Waals surface area contributed by atoms with Gasteiger partial charge in [-0.1, -0.05) is 0 Å². The topological polar surface area (TPSA) is 12.4 Å². The molecule has 0 amide bonds. The maximum atomic E-state index is 4.50. The first-order valence-electron chi connectivity index (χ1n) is 7.25. The van der Waals surface area contributed by atoms with Crippen LogP contribution in [0.5, 0.6) is 0 Å². The Morgan fingerprint density at radius 3 is 2.38 bits per heavy atom. The third-order valence-electron chi connectivity index (χ3n) is 3.64. The summed E-state index contributed by atoms with van der Waals surface area (Å²) in [6.07, 6.45) is 3.22. The molecule has 1 nitrogen and oxygen atoms in total. The number of aliphatic imine (C=N–C) groups is 1. The molecule has 0 bridgehead atoms. The second-order valence-electron chi connectivity index (χ2n) is 5.07. The van der Waals surface area contributed by atoms with E-state index >= 15 is 0 Å². The van der Waals surface area contributed by atoms with Crippen LogP contribution in [0.2, 0.25) is 0 Å². The summed E-state index contributed by atoms with van der Waals surface area (Å²) >= 11 is 0.886. The Hall–Kier alpha value is -1.23. The van der Waals surface area contributed by atoms with E-state index in [0.717, 1.165) is 37.9 Å². The van der Waals surface area contributed by atoms with Crippen molar-refractivity contribution >= 4 is 40.2 Å². The van der Waals surface area contributed by atoms with Gasteiger partial charge in [0.1, 0.15) is 0 Å². The first-order valence-corrected chi connectivity index (χ1v) is 9.49. The second-order valence-corrected chi connectivity index (χ2v) is 7.49. The molecule has 0 aromatic heterocycles. The average molecular weight is 467 g/mol. The fourth-order valence-corrected chi connectivity index (χ4v) is 3.02. The first-order chi connectivity index (χ1) is 10.2. The Morgan fingerprint density at radius 2 is 1.81 bits per heavy atom. The predicted octanol–water partition coefficient (Wildman–Crippen LogP) is 3.70. The molecule has 0 unspecified atom stereocenters. The summed E-state index contributed by atoms with van der Waals surface area (Å²) in [7, 11) is 1.87. The molecular formula is C19H20NTl. The van der Waals surface area contributed by atoms with Gasteiger partial charge in [-0.15, -0.1) is 0 Å². The van der Waals surface area contributed by atoms with Gasteiger partial charge in [-0.25, -0.2) is 0 Å². The molecule has 0 saturated carbocycles. The van der Waals surface area contributed by atoms with Crippen molar-refractivity contribution < 1.29 is 0 Å². The summed E-state index contributed by atoms with van der Waals surface area (Å²) in [5.41, 5.74) is 6.25. The van der Waals surface area contributed by atoms with Crippen molar-refractivity contribution in [1.82, 2.24) is 0 Å². The fraction of sp³-hybridized carbons (Fsp3) is 0.211. The van der Waals surface area contributed by atoms with Gasteiger partial charge in [0.2, 0.25) is 0 Å². The van der Waals surface area contributed by atoms with E-state index in [1.165, 1.54) is 25.4 Å². The predicted molar refractivity (Wildman–Crippen MR) is 93.7 cm³/mol. The maximum absolute atomic E-state index is 4.50. The Kier molecular flexibility index (Phi) is 5.91. The SMILES string of the molecule is CC/C(=C\C(=NC)c1cc[c]([Tl])c(C)c1)c1ccccc1. The number of nitrogens with zero attached hydrogens (tertiary/aromatic N) is 1. The molecule has 21 heavy (non-hydrogen) atoms. The average Bonchev–Trinajstić information content (AvgIpc) is 2.52. The summed E-state index contributed by atoms with van der Waals surface area (Å²) in [5, 5.41) is 0. The fourth-order valence-electron chi connectivity index (χ4n) is 2.32. The van der Waals surface area contributed by atoms with Gasteiger partial charge in [-0.2, -0.15) is 0 Å². The number of rotatable bonds is 4. The van der Waals surface area contributed by atoms with Crippen LogP contribution in [0.4, 0.5) is 0 Å². The van der Waals surface area contributed by atoms with E-state index in [1.54, 1.807) is 0 Å². The zero-order valence-corrected chi connectivity index (χ0v) is 17.4. The van der Waals surface area contributed by atoms with Gasteiger partial charge < -0.3 is 0 Å². The quantitative estimate of drug-likeness (QED) is 0.481. The van der Waals surface area contributed by atoms with Crippen molar-refractivity contribution in [3.05, 3.63) is 71.3 Å². The molecule has 0 radical (unpaired) electrons. The Morgan fingerprint density at radius 1 is 1.10 bits per heavy atom. The van der Waals surface area contributed by atoms with Crippen molar-refractivity contribution in [3.8, 4) is 0 Å². The van der Waals surface area contributed by atoms with E-state index in [1.807, 2.05) is 7.05 Å². The molecule has 2 aromatic carbocycles. The van der Waals surface area contributed by atoms with Crippen LogP contribution in [0.1, 0.15) is 30.0 Å². The van der Waals surface area contributed by atoms with Gasteiger partial charge in [0, 0.05) is 0 Å². The van der Waals surface area contributed by atoms with Crippen molar-refractivity contribution in [1.29, 1.82) is 0 Å². The van der Waals surface area contributed by atoms with E-state index in [2.05, 4.69) is 73.4 Å². The Labute approximate surface area is 143 Å². The molecule has 0 aliphatic rings. The van der Waals surface area contributed by atoms with Crippen LogP contribution in [-0.4, -0.2) is 38.5 Å². The van der Waals surface area contributed by atoms with Crippen molar-refractivity contribution in [2.45, 2.75) is 20.3 Å². The van der Waals surface area contributed by atoms with E-state index in [-0.39, 0.29) is 0 Å². The molecule has 0 fully saturated rings. The van der Waals surface area contributed by atoms with E-state index in [9.17, 15) is 0 Å². The molecule has 0 saturated heterocycles. The van der Waals surface area contributed by atoms with E-state index in [4.69, 9.17) is 0 Å². The standard InChI is InChI=1S/C19H20N.Tl/c1-4-16(17-10-6-5-7-11-17)14-19(20-3)18-12-8-9-15(2)13-18;/h5-8,10-14H,4H2,1-3H3;/b16-14+,20-19?;. The number of hydrogen-bond acceptors (Lipinski definition) is 1. The van der Waals surface area contributed by atoms with E-state index < -0.39 is 0 Å². The van der Waals surface area contributed by atoms with Crippen LogP contribution in [-0.2, 0) is 0 Å². The minimum atomic E-state index is 0.886. The van der Waals surface area contributed by atoms with Gasteiger partial charge in [0.15, 0.2) is 0 Å². The van der Waals surface area contributed by atoms with Crippen LogP contribution in [0.15, 0.2) is 59.6 Å². The molecule has 2 rings (SSSR count). The number of benzene rings is 2. The van der Waals surface area contributed by atoms with Gasteiger partial charge in [0.25, 0.3) is 0 Å². The van der Waals surface area contributed by atoms with Gasteiger partial charge in [-0.3, -0.25) is 0 Å². The van der Waals surface area contributed by atoms with E-state index in [0.29, 0.717) is 0 Å². The monoisotopic (exact) mass is 467 g/mol. The molecule has 0 atom stereocenters. The molecule has 104 valence electrons. The molecule has 2 heteroatoms. The molecule has 0 heterocycles. The second kappa shape index (κ2) is 7.69. The summed E-state index contributed by atoms with van der Waals surface area (Å²) < 4.78 is 1.48. The van der Waals surface area contributed by atoms with Crippen LogP contribution < -0.4 is 3.12 Å². The minimum absolute atomic E-state index is 0.886. The van der Waals surface area contributed by atoms with Gasteiger partial charge in [-0.05, 0) is 0 Å². The Bertz CT molecular complexity index is 669. The first kappa shape index (κ1) is 16.1. The third-order valence-corrected chi connectivity index (χ3v) is 6.16. The number of hydrogen-bond donors (Lipinski definition) is 0. The summed E-state index contributed by atoms with van der Waals surface area (Å²) in [6, 6.07) is 17.2. The molecule has 2 aromatic rings. The Balaban J connectivity index is 2.41. The third kappa shape index (κ3) is 4.13. The summed E-state index contributed by atoms with van der Waals surface area (Å²) in [5.74, 6) is 0. The van der Waals surface area contributed by atoms with Gasteiger partial charge in [0.05, 0.1) is 0 Å². The summed E-state index contributed by atoms with van der Waals surface area (Å²) in [6.45, 7) is 4.38. The van der Waals surface area contributed by atoms with Crippen LogP contribution in [0.3, 0.4) is 0 Å². The molecule has 0 spiro atoms. The number of allylic oxidation sites excluding steroid dienone is 2. The zero-order chi connectivity index (χ0) is 15.2. The molecular weight excluding hydrogens is 447 g/mol.